The minimum Gasteiger partial charge on any atom is -0.350 e. The Hall–Kier alpha value is -2.52. The van der Waals surface area contributed by atoms with E-state index >= 15 is 0 Å². The Balaban J connectivity index is 1.73. The number of carbonyl (C=O) groups is 1. The van der Waals surface area contributed by atoms with Gasteiger partial charge in [0.25, 0.3) is 0 Å². The van der Waals surface area contributed by atoms with Gasteiger partial charge in [0.05, 0.1) is 11.9 Å². The van der Waals surface area contributed by atoms with Crippen LogP contribution in [0.2, 0.25) is 0 Å². The monoisotopic (exact) mass is 451 g/mol. The predicted molar refractivity (Wildman–Crippen MR) is 116 cm³/mol. The zero-order chi connectivity index (χ0) is 22.6. The highest BCUT2D eigenvalue weighted by Crippen LogP contribution is 2.23. The number of hydrogen-bond donors (Lipinski definition) is 1. The average molecular weight is 452 g/mol. The van der Waals surface area contributed by atoms with E-state index in [0.717, 1.165) is 59.5 Å². The maximum Gasteiger partial charge on any atom is 0.243 e. The van der Waals surface area contributed by atoms with E-state index in [2.05, 4.69) is 10.2 Å². The number of likely N-dealkylation sites (tertiary alicyclic amines) is 1. The smallest absolute Gasteiger partial charge is 0.243 e. The van der Waals surface area contributed by atoms with Gasteiger partial charge in [0.15, 0.2) is 11.6 Å². The Morgan fingerprint density at radius 3 is 2.35 bits per heavy atom. The second-order valence-electron chi connectivity index (χ2n) is 7.80. The van der Waals surface area contributed by atoms with E-state index < -0.39 is 33.6 Å². The van der Waals surface area contributed by atoms with Crippen molar-refractivity contribution in [2.75, 3.05) is 23.7 Å². The van der Waals surface area contributed by atoms with Gasteiger partial charge in [-0.3, -0.25) is 14.0 Å². The number of nitrogens with one attached hydrogen (secondary N) is 1. The quantitative estimate of drug-likeness (QED) is 0.670. The number of carbonyl (C=O) groups excluding carboxylic acids is 1. The largest absolute Gasteiger partial charge is 0.350 e. The third kappa shape index (κ3) is 5.80. The lowest BCUT2D eigenvalue weighted by molar-refractivity contribution is -0.122. The van der Waals surface area contributed by atoms with Gasteiger partial charge in [-0.15, -0.1) is 0 Å². The van der Waals surface area contributed by atoms with E-state index in [1.807, 2.05) is 24.3 Å². The molecule has 1 aliphatic rings. The molecule has 1 atom stereocenters. The summed E-state index contributed by atoms with van der Waals surface area (Å²) in [4.78, 5) is 15.1. The molecule has 0 unspecified atom stereocenters. The van der Waals surface area contributed by atoms with Crippen LogP contribution >= 0.6 is 0 Å². The van der Waals surface area contributed by atoms with Crippen molar-refractivity contribution in [3.63, 3.8) is 0 Å². The van der Waals surface area contributed by atoms with Crippen LogP contribution in [-0.4, -0.2) is 44.6 Å². The maximum atomic E-state index is 13.7. The fourth-order valence-corrected chi connectivity index (χ4v) is 4.99. The lowest BCUT2D eigenvalue weighted by atomic mass is 10.1. The molecule has 1 aliphatic heterocycles. The third-order valence-electron chi connectivity index (χ3n) is 5.41. The molecule has 0 radical (unpaired) electrons. The van der Waals surface area contributed by atoms with Gasteiger partial charge in [-0.1, -0.05) is 24.3 Å². The highest BCUT2D eigenvalue weighted by atomic mass is 32.2. The van der Waals surface area contributed by atoms with Crippen LogP contribution in [-0.2, 0) is 27.9 Å². The molecule has 2 aromatic rings. The summed E-state index contributed by atoms with van der Waals surface area (Å²) in [7, 11) is -3.92. The molecule has 0 aliphatic carbocycles. The van der Waals surface area contributed by atoms with E-state index in [4.69, 9.17) is 0 Å². The number of sulfonamides is 1. The highest BCUT2D eigenvalue weighted by molar-refractivity contribution is 7.92. The van der Waals surface area contributed by atoms with Crippen LogP contribution in [0.3, 0.4) is 0 Å². The van der Waals surface area contributed by atoms with Crippen molar-refractivity contribution >= 4 is 21.6 Å². The summed E-state index contributed by atoms with van der Waals surface area (Å²) in [6, 6.07) is 9.39. The number of benzene rings is 2. The molecule has 0 bridgehead atoms. The maximum absolute atomic E-state index is 13.7. The summed E-state index contributed by atoms with van der Waals surface area (Å²) in [5.41, 5.74) is 1.95. The number of halogens is 2. The van der Waals surface area contributed by atoms with Gasteiger partial charge in [-0.25, -0.2) is 17.2 Å². The van der Waals surface area contributed by atoms with Crippen molar-refractivity contribution in [1.82, 2.24) is 10.2 Å². The van der Waals surface area contributed by atoms with E-state index in [1.165, 1.54) is 19.8 Å². The molecule has 9 heteroatoms. The topological polar surface area (TPSA) is 69.7 Å². The van der Waals surface area contributed by atoms with Crippen LogP contribution in [0.4, 0.5) is 14.5 Å². The van der Waals surface area contributed by atoms with Crippen molar-refractivity contribution in [2.24, 2.45) is 0 Å². The van der Waals surface area contributed by atoms with E-state index in [0.29, 0.717) is 0 Å². The molecule has 0 spiro atoms. The Morgan fingerprint density at radius 2 is 1.74 bits per heavy atom. The van der Waals surface area contributed by atoms with Crippen molar-refractivity contribution in [2.45, 2.75) is 38.9 Å². The molecule has 1 heterocycles. The summed E-state index contributed by atoms with van der Waals surface area (Å²) >= 11 is 0. The van der Waals surface area contributed by atoms with Crippen molar-refractivity contribution in [3.05, 3.63) is 65.2 Å². The molecule has 1 saturated heterocycles. The Labute approximate surface area is 181 Å². The summed E-state index contributed by atoms with van der Waals surface area (Å²) in [5.74, 6) is -2.82. The molecule has 2 aromatic carbocycles. The molecule has 6 nitrogen and oxygen atoms in total. The molecular weight excluding hydrogens is 424 g/mol. The first-order chi connectivity index (χ1) is 14.7. The van der Waals surface area contributed by atoms with Crippen LogP contribution in [0.1, 0.15) is 30.9 Å². The fourth-order valence-electron chi connectivity index (χ4n) is 3.83. The SMILES string of the molecule is C[C@H](C(=O)NCc1ccccc1CN1CCCC1)N(c1ccc(F)c(F)c1)S(C)(=O)=O. The lowest BCUT2D eigenvalue weighted by Gasteiger charge is -2.28. The molecular formula is C22H27F2N3O3S. The van der Waals surface area contributed by atoms with E-state index in [-0.39, 0.29) is 12.2 Å². The van der Waals surface area contributed by atoms with Crippen LogP contribution in [0.5, 0.6) is 0 Å². The van der Waals surface area contributed by atoms with Gasteiger partial charge >= 0.3 is 0 Å². The van der Waals surface area contributed by atoms with Gasteiger partial charge in [-0.05, 0) is 56.1 Å². The number of nitrogens with zero attached hydrogens (tertiary/aromatic N) is 2. The summed E-state index contributed by atoms with van der Waals surface area (Å²) < 4.78 is 52.4. The van der Waals surface area contributed by atoms with Crippen LogP contribution in [0, 0.1) is 11.6 Å². The van der Waals surface area contributed by atoms with Gasteiger partial charge < -0.3 is 5.32 Å². The van der Waals surface area contributed by atoms with Crippen molar-refractivity contribution in [3.8, 4) is 0 Å². The van der Waals surface area contributed by atoms with Crippen LogP contribution in [0.15, 0.2) is 42.5 Å². The van der Waals surface area contributed by atoms with Gasteiger partial charge in [0, 0.05) is 19.2 Å². The van der Waals surface area contributed by atoms with E-state index in [1.54, 1.807) is 0 Å². The molecule has 0 aromatic heterocycles. The number of anilines is 1. The minimum absolute atomic E-state index is 0.113. The van der Waals surface area contributed by atoms with Crippen molar-refractivity contribution in [1.29, 1.82) is 0 Å². The highest BCUT2D eigenvalue weighted by Gasteiger charge is 2.29. The number of hydrogen-bond acceptors (Lipinski definition) is 4. The standard InChI is InChI=1S/C22H27F2N3O3S/c1-16(27(31(2,29)30)19-9-10-20(23)21(24)13-19)22(28)25-14-17-7-3-4-8-18(17)15-26-11-5-6-12-26/h3-4,7-10,13,16H,5-6,11-12,14-15H2,1-2H3,(H,25,28)/t16-/m1/s1. The minimum atomic E-state index is -3.92. The Bertz CT molecular complexity index is 1040. The van der Waals surface area contributed by atoms with Gasteiger partial charge in [-0.2, -0.15) is 0 Å². The van der Waals surface area contributed by atoms with E-state index in [9.17, 15) is 22.0 Å². The molecule has 31 heavy (non-hydrogen) atoms. The first-order valence-electron chi connectivity index (χ1n) is 10.2. The number of amides is 1. The van der Waals surface area contributed by atoms with Crippen LogP contribution in [0.25, 0.3) is 0 Å². The first-order valence-corrected chi connectivity index (χ1v) is 12.0. The first kappa shape index (κ1) is 23.1. The zero-order valence-electron chi connectivity index (χ0n) is 17.6. The lowest BCUT2D eigenvalue weighted by Crippen LogP contribution is -2.47. The average Bonchev–Trinajstić information content (AvgIpc) is 3.22. The van der Waals surface area contributed by atoms with Gasteiger partial charge in [0.1, 0.15) is 6.04 Å². The predicted octanol–water partition coefficient (Wildman–Crippen LogP) is 3.03. The summed E-state index contributed by atoms with van der Waals surface area (Å²) in [6.07, 6.45) is 3.28. The second kappa shape index (κ2) is 9.74. The molecule has 1 N–H and O–H groups in total. The van der Waals surface area contributed by atoms with Gasteiger partial charge in [0.2, 0.25) is 15.9 Å². The molecule has 1 amide bonds. The van der Waals surface area contributed by atoms with Crippen molar-refractivity contribution < 1.29 is 22.0 Å². The molecule has 0 saturated carbocycles. The zero-order valence-corrected chi connectivity index (χ0v) is 18.5. The summed E-state index contributed by atoms with van der Waals surface area (Å²) in [6.45, 7) is 4.55. The van der Waals surface area contributed by atoms with Crippen LogP contribution < -0.4 is 9.62 Å². The molecule has 3 rings (SSSR count). The number of rotatable bonds is 8. The molecule has 1 fully saturated rings. The molecule has 168 valence electrons. The third-order valence-corrected chi connectivity index (χ3v) is 6.65. The Morgan fingerprint density at radius 1 is 1.10 bits per heavy atom. The normalized spacial score (nSPS) is 15.6. The second-order valence-corrected chi connectivity index (χ2v) is 9.66. The summed E-state index contributed by atoms with van der Waals surface area (Å²) in [5, 5.41) is 2.78. The fraction of sp³-hybridized carbons (Fsp3) is 0.409. The Kier molecular flexibility index (Phi) is 7.27.